The number of amides is 1. The Labute approximate surface area is 212 Å². The van der Waals surface area contributed by atoms with Crippen molar-refractivity contribution in [3.05, 3.63) is 65.7 Å². The summed E-state index contributed by atoms with van der Waals surface area (Å²) in [5.74, 6) is -1.86. The fourth-order valence-electron chi connectivity index (χ4n) is 5.10. The van der Waals surface area contributed by atoms with Crippen molar-refractivity contribution >= 4 is 16.8 Å². The van der Waals surface area contributed by atoms with Crippen LogP contribution in [0.25, 0.3) is 22.2 Å². The summed E-state index contributed by atoms with van der Waals surface area (Å²) in [5.41, 5.74) is 2.12. The van der Waals surface area contributed by atoms with Crippen LogP contribution in [0, 0.1) is 11.6 Å². The van der Waals surface area contributed by atoms with Crippen molar-refractivity contribution in [1.29, 1.82) is 0 Å². The maximum Gasteiger partial charge on any atom is 0.254 e. The minimum atomic E-state index is -0.931. The SMILES string of the molecule is CCN(CC)CCN(CC)CC1CCCN1C(=O)c1cc(-c2ccc(F)c(F)c2)nc2ccccc12. The Morgan fingerprint density at radius 2 is 1.69 bits per heavy atom. The molecule has 1 saturated heterocycles. The van der Waals surface area contributed by atoms with Gasteiger partial charge in [0.2, 0.25) is 0 Å². The zero-order valence-corrected chi connectivity index (χ0v) is 21.5. The molecule has 0 saturated carbocycles. The van der Waals surface area contributed by atoms with Crippen molar-refractivity contribution in [2.24, 2.45) is 0 Å². The first-order chi connectivity index (χ1) is 17.4. The van der Waals surface area contributed by atoms with Crippen molar-refractivity contribution in [3.8, 4) is 11.3 Å². The van der Waals surface area contributed by atoms with E-state index in [9.17, 15) is 13.6 Å². The summed E-state index contributed by atoms with van der Waals surface area (Å²) >= 11 is 0. The van der Waals surface area contributed by atoms with Crippen molar-refractivity contribution in [3.63, 3.8) is 0 Å². The molecule has 1 unspecified atom stereocenters. The number of likely N-dealkylation sites (N-methyl/N-ethyl adjacent to an activating group) is 2. The van der Waals surface area contributed by atoms with E-state index in [-0.39, 0.29) is 11.9 Å². The largest absolute Gasteiger partial charge is 0.334 e. The molecule has 0 bridgehead atoms. The number of likely N-dealkylation sites (tertiary alicyclic amines) is 1. The van der Waals surface area contributed by atoms with E-state index < -0.39 is 11.6 Å². The summed E-state index contributed by atoms with van der Waals surface area (Å²) in [5, 5.41) is 0.772. The minimum absolute atomic E-state index is 0.0280. The molecule has 36 heavy (non-hydrogen) atoms. The van der Waals surface area contributed by atoms with Gasteiger partial charge in [-0.2, -0.15) is 0 Å². The van der Waals surface area contributed by atoms with Crippen LogP contribution in [-0.4, -0.2) is 77.4 Å². The van der Waals surface area contributed by atoms with Gasteiger partial charge in [0.15, 0.2) is 11.6 Å². The van der Waals surface area contributed by atoms with Gasteiger partial charge in [-0.05, 0) is 62.8 Å². The standard InChI is InChI=1S/C29H36F2N4O/c1-4-33(5-2)16-17-34(6-3)20-22-10-9-15-35(22)29(36)24-19-28(21-13-14-25(30)26(31)18-21)32-27-12-8-7-11-23(24)27/h7-8,11-14,18-19,22H,4-6,9-10,15-17,20H2,1-3H3. The molecule has 0 spiro atoms. The number of carbonyl (C=O) groups excluding carboxylic acids is 1. The summed E-state index contributed by atoms with van der Waals surface area (Å²) < 4.78 is 27.5. The number of rotatable bonds is 10. The van der Waals surface area contributed by atoms with Gasteiger partial charge in [-0.15, -0.1) is 0 Å². The van der Waals surface area contributed by atoms with Crippen LogP contribution >= 0.6 is 0 Å². The first kappa shape index (κ1) is 26.2. The lowest BCUT2D eigenvalue weighted by atomic mass is 10.0. The van der Waals surface area contributed by atoms with E-state index in [1.54, 1.807) is 6.07 Å². The van der Waals surface area contributed by atoms with E-state index in [1.165, 1.54) is 6.07 Å². The molecular weight excluding hydrogens is 458 g/mol. The van der Waals surface area contributed by atoms with E-state index >= 15 is 0 Å². The maximum atomic E-state index is 14.0. The lowest BCUT2D eigenvalue weighted by Crippen LogP contribution is -2.45. The molecule has 2 aromatic carbocycles. The maximum absolute atomic E-state index is 14.0. The number of pyridine rings is 1. The number of nitrogens with zero attached hydrogens (tertiary/aromatic N) is 4. The van der Waals surface area contributed by atoms with Gasteiger partial charge in [0.05, 0.1) is 16.8 Å². The number of hydrogen-bond donors (Lipinski definition) is 0. The third kappa shape index (κ3) is 5.73. The molecule has 7 heteroatoms. The molecule has 0 N–H and O–H groups in total. The number of para-hydroxylation sites is 1. The van der Waals surface area contributed by atoms with E-state index in [0.717, 1.165) is 69.6 Å². The fourth-order valence-corrected chi connectivity index (χ4v) is 5.10. The number of benzene rings is 2. The predicted molar refractivity (Wildman–Crippen MR) is 141 cm³/mol. The van der Waals surface area contributed by atoms with Crippen LogP contribution in [-0.2, 0) is 0 Å². The topological polar surface area (TPSA) is 39.7 Å². The minimum Gasteiger partial charge on any atom is -0.334 e. The van der Waals surface area contributed by atoms with Crippen molar-refractivity contribution in [2.75, 3.05) is 45.8 Å². The third-order valence-corrected chi connectivity index (χ3v) is 7.34. The molecule has 2 heterocycles. The summed E-state index contributed by atoms with van der Waals surface area (Å²) in [6.45, 7) is 13.1. The zero-order valence-electron chi connectivity index (χ0n) is 21.5. The lowest BCUT2D eigenvalue weighted by molar-refractivity contribution is 0.0699. The van der Waals surface area contributed by atoms with Gasteiger partial charge in [-0.25, -0.2) is 13.8 Å². The highest BCUT2D eigenvalue weighted by atomic mass is 19.2. The third-order valence-electron chi connectivity index (χ3n) is 7.34. The smallest absolute Gasteiger partial charge is 0.254 e. The first-order valence-corrected chi connectivity index (χ1v) is 13.1. The molecule has 0 aliphatic carbocycles. The summed E-state index contributed by atoms with van der Waals surface area (Å²) in [7, 11) is 0. The Balaban J connectivity index is 1.61. The molecule has 5 nitrogen and oxygen atoms in total. The number of halogens is 2. The van der Waals surface area contributed by atoms with Crippen LogP contribution in [0.3, 0.4) is 0 Å². The summed E-state index contributed by atoms with van der Waals surface area (Å²) in [6, 6.07) is 13.1. The molecule has 1 fully saturated rings. The Kier molecular flexibility index (Phi) is 8.64. The number of carbonyl (C=O) groups is 1. The second-order valence-corrected chi connectivity index (χ2v) is 9.42. The highest BCUT2D eigenvalue weighted by Crippen LogP contribution is 2.29. The average Bonchev–Trinajstić information content (AvgIpc) is 3.37. The van der Waals surface area contributed by atoms with Gasteiger partial charge in [0.1, 0.15) is 0 Å². The fraction of sp³-hybridized carbons (Fsp3) is 0.448. The molecule has 1 aliphatic heterocycles. The molecule has 1 atom stereocenters. The van der Waals surface area contributed by atoms with Crippen LogP contribution < -0.4 is 0 Å². The van der Waals surface area contributed by atoms with Gasteiger partial charge in [0, 0.05) is 43.2 Å². The predicted octanol–water partition coefficient (Wildman–Crippen LogP) is 5.45. The van der Waals surface area contributed by atoms with Crippen molar-refractivity contribution in [1.82, 2.24) is 19.7 Å². The van der Waals surface area contributed by atoms with E-state index in [1.807, 2.05) is 29.2 Å². The highest BCUT2D eigenvalue weighted by molar-refractivity contribution is 6.07. The van der Waals surface area contributed by atoms with Gasteiger partial charge in [-0.3, -0.25) is 4.79 Å². The molecule has 192 valence electrons. The van der Waals surface area contributed by atoms with Crippen LogP contribution in [0.2, 0.25) is 0 Å². The van der Waals surface area contributed by atoms with E-state index in [2.05, 4.69) is 35.6 Å². The Morgan fingerprint density at radius 3 is 2.42 bits per heavy atom. The summed E-state index contributed by atoms with van der Waals surface area (Å²) in [4.78, 5) is 25.4. The van der Waals surface area contributed by atoms with E-state index in [0.29, 0.717) is 28.9 Å². The highest BCUT2D eigenvalue weighted by Gasteiger charge is 2.31. The first-order valence-electron chi connectivity index (χ1n) is 13.1. The normalized spacial score (nSPS) is 16.0. The van der Waals surface area contributed by atoms with Gasteiger partial charge < -0.3 is 14.7 Å². The number of aromatic nitrogens is 1. The van der Waals surface area contributed by atoms with Crippen LogP contribution in [0.5, 0.6) is 0 Å². The van der Waals surface area contributed by atoms with Crippen molar-refractivity contribution < 1.29 is 13.6 Å². The Bertz CT molecular complexity index is 1200. The zero-order chi connectivity index (χ0) is 25.7. The quantitative estimate of drug-likeness (QED) is 0.376. The molecule has 1 amide bonds. The molecule has 3 aromatic rings. The lowest BCUT2D eigenvalue weighted by Gasteiger charge is -2.32. The second-order valence-electron chi connectivity index (χ2n) is 9.42. The average molecular weight is 495 g/mol. The summed E-state index contributed by atoms with van der Waals surface area (Å²) in [6.07, 6.45) is 1.95. The Morgan fingerprint density at radius 1 is 0.972 bits per heavy atom. The van der Waals surface area contributed by atoms with Crippen LogP contribution in [0.1, 0.15) is 44.0 Å². The number of fused-ring (bicyclic) bond motifs is 1. The van der Waals surface area contributed by atoms with Gasteiger partial charge >= 0.3 is 0 Å². The molecular formula is C29H36F2N4O. The molecule has 1 aromatic heterocycles. The van der Waals surface area contributed by atoms with Gasteiger partial charge in [-0.1, -0.05) is 39.0 Å². The number of hydrogen-bond acceptors (Lipinski definition) is 4. The van der Waals surface area contributed by atoms with Crippen LogP contribution in [0.15, 0.2) is 48.5 Å². The second kappa shape index (κ2) is 11.9. The van der Waals surface area contributed by atoms with Crippen molar-refractivity contribution in [2.45, 2.75) is 39.7 Å². The molecule has 1 aliphatic rings. The monoisotopic (exact) mass is 494 g/mol. The molecule has 0 radical (unpaired) electrons. The van der Waals surface area contributed by atoms with Gasteiger partial charge in [0.25, 0.3) is 5.91 Å². The molecule has 4 rings (SSSR count). The Hall–Kier alpha value is -2.90. The van der Waals surface area contributed by atoms with Crippen LogP contribution in [0.4, 0.5) is 8.78 Å². The van der Waals surface area contributed by atoms with E-state index in [4.69, 9.17) is 0 Å².